The largest absolute Gasteiger partial charge is 0.366 e. The van der Waals surface area contributed by atoms with Gasteiger partial charge in [-0.25, -0.2) is 0 Å². The second-order valence-electron chi connectivity index (χ2n) is 6.52. The van der Waals surface area contributed by atoms with Gasteiger partial charge in [0.25, 0.3) is 0 Å². The number of fused-ring (bicyclic) bond motifs is 1. The summed E-state index contributed by atoms with van der Waals surface area (Å²) in [4.78, 5) is 7.13. The van der Waals surface area contributed by atoms with E-state index in [-0.39, 0.29) is 11.3 Å². The van der Waals surface area contributed by atoms with Gasteiger partial charge in [-0.2, -0.15) is 5.26 Å². The van der Waals surface area contributed by atoms with Gasteiger partial charge in [0.15, 0.2) is 0 Å². The Balaban J connectivity index is 1.83. The maximum Gasteiger partial charge on any atom is 0.0710 e. The van der Waals surface area contributed by atoms with Crippen molar-refractivity contribution in [2.75, 3.05) is 11.4 Å². The summed E-state index contributed by atoms with van der Waals surface area (Å²) in [5.41, 5.74) is 2.69. The third-order valence-corrected chi connectivity index (χ3v) is 4.62. The Kier molecular flexibility index (Phi) is 2.97. The quantitative estimate of drug-likeness (QED) is 0.773. The van der Waals surface area contributed by atoms with E-state index in [2.05, 4.69) is 35.9 Å². The van der Waals surface area contributed by atoms with Crippen molar-refractivity contribution in [2.24, 2.45) is 5.92 Å². The van der Waals surface area contributed by atoms with Crippen molar-refractivity contribution in [3.63, 3.8) is 0 Å². The van der Waals surface area contributed by atoms with Crippen LogP contribution in [0.1, 0.15) is 45.2 Å². The highest BCUT2D eigenvalue weighted by Crippen LogP contribution is 2.42. The minimum atomic E-state index is 0.142. The summed E-state index contributed by atoms with van der Waals surface area (Å²) in [5.74, 6) is 0.278. The van der Waals surface area contributed by atoms with Gasteiger partial charge in [-0.3, -0.25) is 4.98 Å². The molecule has 1 aromatic heterocycles. The summed E-state index contributed by atoms with van der Waals surface area (Å²) < 4.78 is 0. The molecule has 3 heteroatoms. The van der Waals surface area contributed by atoms with Crippen LogP contribution in [0.15, 0.2) is 18.3 Å². The first-order valence-corrected chi connectivity index (χ1v) is 7.23. The molecule has 3 rings (SSSR count). The SMILES string of the molecule is CC1(C)CN(C2CCC(C#N)CC2)c2cccnc21. The van der Waals surface area contributed by atoms with Gasteiger partial charge in [0.1, 0.15) is 0 Å². The standard InChI is InChI=1S/C16H21N3/c1-16(2)11-19(14-4-3-9-18-15(14)16)13-7-5-12(10-17)6-8-13/h3-4,9,12-13H,5-8,11H2,1-2H3. The van der Waals surface area contributed by atoms with Crippen LogP contribution in [0.5, 0.6) is 0 Å². The monoisotopic (exact) mass is 255 g/mol. The lowest BCUT2D eigenvalue weighted by atomic mass is 9.86. The number of rotatable bonds is 1. The summed E-state index contributed by atoms with van der Waals surface area (Å²) in [6, 6.07) is 7.25. The van der Waals surface area contributed by atoms with Crippen LogP contribution >= 0.6 is 0 Å². The fourth-order valence-corrected chi connectivity index (χ4v) is 3.58. The van der Waals surface area contributed by atoms with Gasteiger partial charge in [0.2, 0.25) is 0 Å². The molecule has 2 aliphatic rings. The van der Waals surface area contributed by atoms with Gasteiger partial charge in [-0.15, -0.1) is 0 Å². The molecule has 0 N–H and O–H groups in total. The molecule has 0 aromatic carbocycles. The van der Waals surface area contributed by atoms with E-state index in [1.807, 2.05) is 12.3 Å². The molecule has 0 atom stereocenters. The van der Waals surface area contributed by atoms with Gasteiger partial charge in [-0.05, 0) is 37.8 Å². The van der Waals surface area contributed by atoms with Crippen LogP contribution in [0, 0.1) is 17.2 Å². The number of pyridine rings is 1. The number of anilines is 1. The van der Waals surface area contributed by atoms with E-state index in [1.165, 1.54) is 11.4 Å². The van der Waals surface area contributed by atoms with Crippen LogP contribution in [0.25, 0.3) is 0 Å². The summed E-state index contributed by atoms with van der Waals surface area (Å²) in [7, 11) is 0. The van der Waals surface area contributed by atoms with Crippen LogP contribution in [0.3, 0.4) is 0 Å². The highest BCUT2D eigenvalue weighted by Gasteiger charge is 2.40. The zero-order chi connectivity index (χ0) is 13.5. The van der Waals surface area contributed by atoms with E-state index in [0.717, 1.165) is 32.2 Å². The summed E-state index contributed by atoms with van der Waals surface area (Å²) in [6.45, 7) is 5.61. The van der Waals surface area contributed by atoms with E-state index >= 15 is 0 Å². The fraction of sp³-hybridized carbons (Fsp3) is 0.625. The molecule has 0 saturated heterocycles. The molecule has 1 aliphatic heterocycles. The molecule has 0 spiro atoms. The number of nitrogens with zero attached hydrogens (tertiary/aromatic N) is 3. The van der Waals surface area contributed by atoms with Gasteiger partial charge in [-0.1, -0.05) is 13.8 Å². The zero-order valence-corrected chi connectivity index (χ0v) is 11.8. The number of hydrogen-bond acceptors (Lipinski definition) is 3. The van der Waals surface area contributed by atoms with E-state index in [0.29, 0.717) is 6.04 Å². The van der Waals surface area contributed by atoms with Crippen molar-refractivity contribution in [3.05, 3.63) is 24.0 Å². The zero-order valence-electron chi connectivity index (χ0n) is 11.8. The predicted octanol–water partition coefficient (Wildman–Crippen LogP) is 3.26. The van der Waals surface area contributed by atoms with Crippen molar-refractivity contribution in [1.82, 2.24) is 4.98 Å². The van der Waals surface area contributed by atoms with Crippen LogP contribution in [0.4, 0.5) is 5.69 Å². The first-order chi connectivity index (χ1) is 9.12. The molecule has 0 unspecified atom stereocenters. The van der Waals surface area contributed by atoms with E-state index < -0.39 is 0 Å². The molecule has 19 heavy (non-hydrogen) atoms. The Labute approximate surface area is 115 Å². The molecule has 0 radical (unpaired) electrons. The molecule has 0 amide bonds. The molecule has 1 aliphatic carbocycles. The molecule has 1 aromatic rings. The second-order valence-corrected chi connectivity index (χ2v) is 6.52. The van der Waals surface area contributed by atoms with Crippen LogP contribution in [-0.2, 0) is 5.41 Å². The van der Waals surface area contributed by atoms with Gasteiger partial charge in [0.05, 0.1) is 17.5 Å². The molecule has 100 valence electrons. The van der Waals surface area contributed by atoms with Gasteiger partial charge >= 0.3 is 0 Å². The van der Waals surface area contributed by atoms with Crippen molar-refractivity contribution < 1.29 is 0 Å². The molecular formula is C16H21N3. The molecule has 1 saturated carbocycles. The van der Waals surface area contributed by atoms with Crippen molar-refractivity contribution >= 4 is 5.69 Å². The Morgan fingerprint density at radius 3 is 2.74 bits per heavy atom. The third-order valence-electron chi connectivity index (χ3n) is 4.62. The van der Waals surface area contributed by atoms with Crippen LogP contribution in [0.2, 0.25) is 0 Å². The lowest BCUT2D eigenvalue weighted by Crippen LogP contribution is -2.39. The third kappa shape index (κ3) is 2.10. The number of aromatic nitrogens is 1. The summed E-state index contributed by atoms with van der Waals surface area (Å²) in [6.07, 6.45) is 6.28. The van der Waals surface area contributed by atoms with E-state index in [1.54, 1.807) is 0 Å². The molecule has 2 heterocycles. The molecule has 3 nitrogen and oxygen atoms in total. The minimum absolute atomic E-state index is 0.142. The van der Waals surface area contributed by atoms with Crippen molar-refractivity contribution in [2.45, 2.75) is 51.0 Å². The molecule has 1 fully saturated rings. The van der Waals surface area contributed by atoms with Gasteiger partial charge in [0, 0.05) is 30.1 Å². The average molecular weight is 255 g/mol. The molecule has 0 bridgehead atoms. The maximum absolute atomic E-state index is 9.01. The van der Waals surface area contributed by atoms with Crippen LogP contribution in [-0.4, -0.2) is 17.6 Å². The smallest absolute Gasteiger partial charge is 0.0710 e. The lowest BCUT2D eigenvalue weighted by Gasteiger charge is -2.35. The van der Waals surface area contributed by atoms with Crippen LogP contribution < -0.4 is 4.90 Å². The van der Waals surface area contributed by atoms with E-state index in [9.17, 15) is 0 Å². The second kappa shape index (κ2) is 4.52. The fourth-order valence-electron chi connectivity index (χ4n) is 3.58. The first-order valence-electron chi connectivity index (χ1n) is 7.23. The Bertz CT molecular complexity index is 507. The summed E-state index contributed by atoms with van der Waals surface area (Å²) >= 11 is 0. The van der Waals surface area contributed by atoms with Gasteiger partial charge < -0.3 is 4.90 Å². The predicted molar refractivity (Wildman–Crippen MR) is 76.0 cm³/mol. The number of nitriles is 1. The number of hydrogen-bond donors (Lipinski definition) is 0. The van der Waals surface area contributed by atoms with E-state index in [4.69, 9.17) is 5.26 Å². The molecular weight excluding hydrogens is 234 g/mol. The normalized spacial score (nSPS) is 28.8. The average Bonchev–Trinajstić information content (AvgIpc) is 2.72. The maximum atomic E-state index is 9.01. The Morgan fingerprint density at radius 1 is 1.32 bits per heavy atom. The Hall–Kier alpha value is -1.56. The highest BCUT2D eigenvalue weighted by atomic mass is 15.2. The lowest BCUT2D eigenvalue weighted by molar-refractivity contribution is 0.357. The minimum Gasteiger partial charge on any atom is -0.366 e. The Morgan fingerprint density at radius 2 is 2.05 bits per heavy atom. The first kappa shape index (κ1) is 12.5. The summed E-state index contributed by atoms with van der Waals surface area (Å²) in [5, 5.41) is 9.01. The van der Waals surface area contributed by atoms with Crippen molar-refractivity contribution in [1.29, 1.82) is 5.26 Å². The topological polar surface area (TPSA) is 39.9 Å². The highest BCUT2D eigenvalue weighted by molar-refractivity contribution is 5.59. The van der Waals surface area contributed by atoms with Crippen molar-refractivity contribution in [3.8, 4) is 6.07 Å².